The lowest BCUT2D eigenvalue weighted by Crippen LogP contribution is -2.38. The maximum Gasteiger partial charge on any atom is 0.191 e. The highest BCUT2D eigenvalue weighted by molar-refractivity contribution is 7.07. The van der Waals surface area contributed by atoms with Crippen LogP contribution in [0, 0.1) is 0 Å². The summed E-state index contributed by atoms with van der Waals surface area (Å²) in [5.74, 6) is 1.36. The molecule has 0 saturated heterocycles. The van der Waals surface area contributed by atoms with Crippen LogP contribution in [0.5, 0.6) is 0 Å². The molecule has 0 bridgehead atoms. The van der Waals surface area contributed by atoms with Crippen molar-refractivity contribution in [1.82, 2.24) is 10.6 Å². The second-order valence-corrected chi connectivity index (χ2v) is 6.12. The fourth-order valence-corrected chi connectivity index (χ4v) is 2.98. The lowest BCUT2D eigenvalue weighted by atomic mass is 10.1. The highest BCUT2D eigenvalue weighted by Gasteiger charge is 2.05. The topological polar surface area (TPSA) is 36.4 Å². The molecule has 2 aromatic rings. The highest BCUT2D eigenvalue weighted by Crippen LogP contribution is 2.18. The van der Waals surface area contributed by atoms with Crippen LogP contribution in [0.15, 0.2) is 52.2 Å². The number of nitrogens with zero attached hydrogens (tertiary/aromatic N) is 1. The van der Waals surface area contributed by atoms with E-state index in [9.17, 15) is 0 Å². The first-order valence-electron chi connectivity index (χ1n) is 7.87. The van der Waals surface area contributed by atoms with Crippen molar-refractivity contribution >= 4 is 17.3 Å². The zero-order valence-corrected chi connectivity index (χ0v) is 14.2. The normalized spacial score (nSPS) is 12.9. The second kappa shape index (κ2) is 9.26. The molecule has 118 valence electrons. The van der Waals surface area contributed by atoms with E-state index in [0.717, 1.165) is 32.0 Å². The van der Waals surface area contributed by atoms with Crippen molar-refractivity contribution < 1.29 is 0 Å². The number of aliphatic imine (C=N–C) groups is 1. The van der Waals surface area contributed by atoms with Gasteiger partial charge in [-0.15, -0.1) is 0 Å². The Labute approximate surface area is 137 Å². The zero-order chi connectivity index (χ0) is 15.6. The molecule has 22 heavy (non-hydrogen) atoms. The lowest BCUT2D eigenvalue weighted by molar-refractivity contribution is 0.748. The Morgan fingerprint density at radius 1 is 1.18 bits per heavy atom. The first-order valence-corrected chi connectivity index (χ1v) is 8.82. The van der Waals surface area contributed by atoms with Crippen molar-refractivity contribution in [1.29, 1.82) is 0 Å². The van der Waals surface area contributed by atoms with Crippen LogP contribution < -0.4 is 10.6 Å². The van der Waals surface area contributed by atoms with Gasteiger partial charge in [-0.05, 0) is 41.3 Å². The Balaban J connectivity index is 1.82. The maximum absolute atomic E-state index is 4.70. The van der Waals surface area contributed by atoms with Crippen molar-refractivity contribution in [2.24, 2.45) is 4.99 Å². The van der Waals surface area contributed by atoms with E-state index >= 15 is 0 Å². The van der Waals surface area contributed by atoms with Crippen LogP contribution in [-0.4, -0.2) is 25.6 Å². The van der Waals surface area contributed by atoms with Crippen LogP contribution in [0.2, 0.25) is 0 Å². The number of hydrogen-bond donors (Lipinski definition) is 2. The summed E-state index contributed by atoms with van der Waals surface area (Å²) >= 11 is 1.74. The van der Waals surface area contributed by atoms with Crippen molar-refractivity contribution in [3.8, 4) is 0 Å². The predicted octanol–water partition coefficient (Wildman–Crippen LogP) is 3.65. The number of hydrogen-bond acceptors (Lipinski definition) is 2. The highest BCUT2D eigenvalue weighted by atomic mass is 32.1. The lowest BCUT2D eigenvalue weighted by Gasteiger charge is -2.13. The smallest absolute Gasteiger partial charge is 0.191 e. The molecule has 2 N–H and O–H groups in total. The summed E-state index contributed by atoms with van der Waals surface area (Å²) in [6.07, 6.45) is 1.01. The van der Waals surface area contributed by atoms with Crippen molar-refractivity contribution in [2.75, 3.05) is 19.6 Å². The van der Waals surface area contributed by atoms with Gasteiger partial charge >= 0.3 is 0 Å². The molecule has 0 fully saturated rings. The molecule has 0 amide bonds. The quantitative estimate of drug-likeness (QED) is 0.604. The molecule has 0 aliphatic rings. The number of nitrogens with one attached hydrogen (secondary N) is 2. The summed E-state index contributed by atoms with van der Waals surface area (Å²) in [4.78, 5) is 4.70. The van der Waals surface area contributed by atoms with Gasteiger partial charge < -0.3 is 10.6 Å². The van der Waals surface area contributed by atoms with E-state index in [0.29, 0.717) is 5.92 Å². The van der Waals surface area contributed by atoms with Crippen LogP contribution in [0.25, 0.3) is 0 Å². The molecule has 3 nitrogen and oxygen atoms in total. The third-order valence-electron chi connectivity index (χ3n) is 3.53. The van der Waals surface area contributed by atoms with Crippen molar-refractivity contribution in [2.45, 2.75) is 26.2 Å². The Kier molecular flexibility index (Phi) is 6.97. The molecule has 4 heteroatoms. The predicted molar refractivity (Wildman–Crippen MR) is 96.9 cm³/mol. The summed E-state index contributed by atoms with van der Waals surface area (Å²) in [7, 11) is 0. The maximum atomic E-state index is 4.70. The number of benzene rings is 1. The summed E-state index contributed by atoms with van der Waals surface area (Å²) in [6, 6.07) is 12.7. The van der Waals surface area contributed by atoms with Crippen LogP contribution >= 0.6 is 11.3 Å². The molecule has 0 radical (unpaired) electrons. The van der Waals surface area contributed by atoms with Gasteiger partial charge in [-0.25, -0.2) is 0 Å². The Bertz CT molecular complexity index is 549. The van der Waals surface area contributed by atoms with Crippen LogP contribution in [-0.2, 0) is 6.42 Å². The number of rotatable bonds is 7. The van der Waals surface area contributed by atoms with Gasteiger partial charge in [0.1, 0.15) is 0 Å². The molecule has 1 atom stereocenters. The fraction of sp³-hybridized carbons (Fsp3) is 0.389. The van der Waals surface area contributed by atoms with Gasteiger partial charge in [-0.3, -0.25) is 4.99 Å². The molecule has 0 aliphatic heterocycles. The van der Waals surface area contributed by atoms with Crippen molar-refractivity contribution in [3.05, 3.63) is 58.3 Å². The van der Waals surface area contributed by atoms with Gasteiger partial charge in [0.2, 0.25) is 0 Å². The van der Waals surface area contributed by atoms with E-state index in [1.165, 1.54) is 11.1 Å². The molecular formula is C18H25N3S. The third kappa shape index (κ3) is 5.53. The standard InChI is InChI=1S/C18H25N3S/c1-3-19-18(20-11-9-16-7-5-4-6-8-16)21-13-15(2)17-10-12-22-14-17/h4-8,10,12,14-15H,3,9,11,13H2,1-2H3,(H2,19,20,21). The zero-order valence-electron chi connectivity index (χ0n) is 13.4. The molecule has 0 aliphatic carbocycles. The van der Waals surface area contributed by atoms with E-state index in [4.69, 9.17) is 4.99 Å². The summed E-state index contributed by atoms with van der Waals surface area (Å²) in [5, 5.41) is 11.1. The van der Waals surface area contributed by atoms with Gasteiger partial charge in [0.25, 0.3) is 0 Å². The van der Waals surface area contributed by atoms with E-state index in [2.05, 4.69) is 65.6 Å². The van der Waals surface area contributed by atoms with Crippen LogP contribution in [0.1, 0.15) is 30.9 Å². The van der Waals surface area contributed by atoms with E-state index in [1.807, 2.05) is 6.07 Å². The Morgan fingerprint density at radius 3 is 2.68 bits per heavy atom. The second-order valence-electron chi connectivity index (χ2n) is 5.34. The first-order chi connectivity index (χ1) is 10.8. The molecule has 1 aromatic heterocycles. The minimum Gasteiger partial charge on any atom is -0.357 e. The largest absolute Gasteiger partial charge is 0.357 e. The van der Waals surface area contributed by atoms with E-state index in [1.54, 1.807) is 11.3 Å². The van der Waals surface area contributed by atoms with Gasteiger partial charge in [-0.2, -0.15) is 11.3 Å². The number of guanidine groups is 1. The minimum absolute atomic E-state index is 0.454. The summed E-state index contributed by atoms with van der Waals surface area (Å²) in [5.41, 5.74) is 2.71. The van der Waals surface area contributed by atoms with Gasteiger partial charge in [0.05, 0.1) is 0 Å². The molecule has 2 rings (SSSR count). The Hall–Kier alpha value is -1.81. The van der Waals surface area contributed by atoms with Gasteiger partial charge in [-0.1, -0.05) is 37.3 Å². The van der Waals surface area contributed by atoms with Gasteiger partial charge in [0.15, 0.2) is 5.96 Å². The molecule has 0 spiro atoms. The SMILES string of the molecule is CCNC(=NCC(C)c1ccsc1)NCCc1ccccc1. The van der Waals surface area contributed by atoms with E-state index < -0.39 is 0 Å². The van der Waals surface area contributed by atoms with Gasteiger partial charge in [0, 0.05) is 25.6 Å². The molecule has 1 heterocycles. The molecule has 1 unspecified atom stereocenters. The Morgan fingerprint density at radius 2 is 2.00 bits per heavy atom. The van der Waals surface area contributed by atoms with Crippen molar-refractivity contribution in [3.63, 3.8) is 0 Å². The number of thiophene rings is 1. The monoisotopic (exact) mass is 315 g/mol. The fourth-order valence-electron chi connectivity index (χ4n) is 2.20. The first kappa shape index (κ1) is 16.6. The minimum atomic E-state index is 0.454. The molecule has 0 saturated carbocycles. The van der Waals surface area contributed by atoms with E-state index in [-0.39, 0.29) is 0 Å². The van der Waals surface area contributed by atoms with Crippen LogP contribution in [0.3, 0.4) is 0 Å². The molecular weight excluding hydrogens is 290 g/mol. The van der Waals surface area contributed by atoms with Crippen LogP contribution in [0.4, 0.5) is 0 Å². The summed E-state index contributed by atoms with van der Waals surface area (Å²) < 4.78 is 0. The summed E-state index contributed by atoms with van der Waals surface area (Å²) in [6.45, 7) is 6.89. The average Bonchev–Trinajstić information content (AvgIpc) is 3.08. The third-order valence-corrected chi connectivity index (χ3v) is 4.23. The average molecular weight is 315 g/mol. The molecule has 1 aromatic carbocycles.